The normalized spacial score (nSPS) is 11.3. The number of nitrogens with one attached hydrogen (secondary N) is 1. The van der Waals surface area contributed by atoms with Crippen LogP contribution in [0.5, 0.6) is 0 Å². The maximum Gasteiger partial charge on any atom is 0.0763 e. The van der Waals surface area contributed by atoms with E-state index in [0.717, 1.165) is 11.3 Å². The summed E-state index contributed by atoms with van der Waals surface area (Å²) in [6.45, 7) is 4.12. The second-order valence-corrected chi connectivity index (χ2v) is 5.08. The summed E-state index contributed by atoms with van der Waals surface area (Å²) in [4.78, 5) is 0. The molecular weight excluding hydrogens is 222 g/mol. The Balaban J connectivity index is 2.27. The van der Waals surface area contributed by atoms with Gasteiger partial charge in [0.15, 0.2) is 0 Å². The minimum absolute atomic E-state index is 0.525. The predicted octanol–water partition coefficient (Wildman–Crippen LogP) is 3.54. The average molecular weight is 241 g/mol. The van der Waals surface area contributed by atoms with E-state index in [1.165, 1.54) is 5.56 Å². The molecule has 0 spiro atoms. The van der Waals surface area contributed by atoms with Gasteiger partial charge >= 0.3 is 0 Å². The molecule has 18 heavy (non-hydrogen) atoms. The summed E-state index contributed by atoms with van der Waals surface area (Å²) in [7, 11) is 0. The van der Waals surface area contributed by atoms with Crippen LogP contribution in [0.25, 0.3) is 11.1 Å². The second kappa shape index (κ2) is 5.23. The molecule has 0 fully saturated rings. The molecule has 0 saturated heterocycles. The number of para-hydroxylation sites is 1. The molecule has 0 aliphatic heterocycles. The molecule has 2 heteroatoms. The number of benzene rings is 2. The zero-order chi connectivity index (χ0) is 13.0. The molecular formula is C16H19NO. The van der Waals surface area contributed by atoms with Gasteiger partial charge in [0.05, 0.1) is 5.60 Å². The molecule has 2 rings (SSSR count). The second-order valence-electron chi connectivity index (χ2n) is 5.08. The van der Waals surface area contributed by atoms with E-state index in [1.807, 2.05) is 36.4 Å². The van der Waals surface area contributed by atoms with Gasteiger partial charge in [-0.1, -0.05) is 48.5 Å². The number of hydrogen-bond donors (Lipinski definition) is 2. The summed E-state index contributed by atoms with van der Waals surface area (Å²) in [6, 6.07) is 18.4. The topological polar surface area (TPSA) is 32.3 Å². The van der Waals surface area contributed by atoms with E-state index >= 15 is 0 Å². The van der Waals surface area contributed by atoms with Gasteiger partial charge in [-0.2, -0.15) is 0 Å². The molecule has 2 N–H and O–H groups in total. The third kappa shape index (κ3) is 3.34. The van der Waals surface area contributed by atoms with Gasteiger partial charge in [-0.3, -0.25) is 0 Å². The SMILES string of the molecule is CC(C)(O)CNc1ccccc1-c1ccccc1. The molecule has 0 aromatic heterocycles. The minimum Gasteiger partial charge on any atom is -0.389 e. The molecule has 2 aromatic rings. The Labute approximate surface area is 108 Å². The predicted molar refractivity (Wildman–Crippen MR) is 76.7 cm³/mol. The van der Waals surface area contributed by atoms with Crippen LogP contribution < -0.4 is 5.32 Å². The summed E-state index contributed by atoms with van der Waals surface area (Å²) in [5, 5.41) is 13.1. The van der Waals surface area contributed by atoms with Gasteiger partial charge in [0.1, 0.15) is 0 Å². The average Bonchev–Trinajstić information content (AvgIpc) is 2.37. The molecule has 0 bridgehead atoms. The number of aliphatic hydroxyl groups is 1. The third-order valence-corrected chi connectivity index (χ3v) is 2.72. The van der Waals surface area contributed by atoms with Gasteiger partial charge in [0, 0.05) is 17.8 Å². The van der Waals surface area contributed by atoms with Crippen molar-refractivity contribution >= 4 is 5.69 Å². The lowest BCUT2D eigenvalue weighted by atomic mass is 10.0. The maximum atomic E-state index is 9.78. The summed E-state index contributed by atoms with van der Waals surface area (Å²) in [5.74, 6) is 0. The van der Waals surface area contributed by atoms with Gasteiger partial charge in [-0.25, -0.2) is 0 Å². The molecule has 0 aliphatic rings. The molecule has 94 valence electrons. The zero-order valence-corrected chi connectivity index (χ0v) is 10.9. The Morgan fingerprint density at radius 3 is 2.22 bits per heavy atom. The lowest BCUT2D eigenvalue weighted by Crippen LogP contribution is -2.29. The van der Waals surface area contributed by atoms with Crippen molar-refractivity contribution in [2.24, 2.45) is 0 Å². The van der Waals surface area contributed by atoms with E-state index in [1.54, 1.807) is 13.8 Å². The Morgan fingerprint density at radius 2 is 1.56 bits per heavy atom. The quantitative estimate of drug-likeness (QED) is 0.858. The molecule has 0 heterocycles. The fourth-order valence-corrected chi connectivity index (χ4v) is 1.82. The van der Waals surface area contributed by atoms with Gasteiger partial charge in [-0.05, 0) is 25.5 Å². The Hall–Kier alpha value is -1.80. The van der Waals surface area contributed by atoms with Crippen LogP contribution in [0.3, 0.4) is 0 Å². The van der Waals surface area contributed by atoms with Crippen molar-refractivity contribution in [3.63, 3.8) is 0 Å². The van der Waals surface area contributed by atoms with Crippen molar-refractivity contribution in [3.05, 3.63) is 54.6 Å². The van der Waals surface area contributed by atoms with E-state index in [-0.39, 0.29) is 0 Å². The van der Waals surface area contributed by atoms with E-state index in [4.69, 9.17) is 0 Å². The fraction of sp³-hybridized carbons (Fsp3) is 0.250. The van der Waals surface area contributed by atoms with E-state index in [9.17, 15) is 5.11 Å². The largest absolute Gasteiger partial charge is 0.389 e. The fourth-order valence-electron chi connectivity index (χ4n) is 1.82. The summed E-state index contributed by atoms with van der Waals surface area (Å²) >= 11 is 0. The molecule has 0 aliphatic carbocycles. The highest BCUT2D eigenvalue weighted by molar-refractivity contribution is 5.77. The van der Waals surface area contributed by atoms with Crippen molar-refractivity contribution in [2.45, 2.75) is 19.4 Å². The van der Waals surface area contributed by atoms with Crippen LogP contribution in [0.15, 0.2) is 54.6 Å². The summed E-state index contributed by atoms with van der Waals surface area (Å²) in [6.07, 6.45) is 0. The lowest BCUT2D eigenvalue weighted by molar-refractivity contribution is 0.0945. The van der Waals surface area contributed by atoms with Crippen LogP contribution in [-0.4, -0.2) is 17.3 Å². The third-order valence-electron chi connectivity index (χ3n) is 2.72. The first-order chi connectivity index (χ1) is 8.56. The van der Waals surface area contributed by atoms with E-state index in [0.29, 0.717) is 6.54 Å². The molecule has 0 atom stereocenters. The highest BCUT2D eigenvalue weighted by Crippen LogP contribution is 2.27. The van der Waals surface area contributed by atoms with Gasteiger partial charge < -0.3 is 10.4 Å². The van der Waals surface area contributed by atoms with Gasteiger partial charge in [-0.15, -0.1) is 0 Å². The van der Waals surface area contributed by atoms with E-state index < -0.39 is 5.60 Å². The lowest BCUT2D eigenvalue weighted by Gasteiger charge is -2.20. The minimum atomic E-state index is -0.718. The zero-order valence-electron chi connectivity index (χ0n) is 10.9. The highest BCUT2D eigenvalue weighted by atomic mass is 16.3. The monoisotopic (exact) mass is 241 g/mol. The van der Waals surface area contributed by atoms with Crippen LogP contribution in [0.2, 0.25) is 0 Å². The molecule has 0 saturated carbocycles. The number of anilines is 1. The summed E-state index contributed by atoms with van der Waals surface area (Å²) < 4.78 is 0. The molecule has 0 amide bonds. The Kier molecular flexibility index (Phi) is 3.68. The molecule has 2 nitrogen and oxygen atoms in total. The number of hydrogen-bond acceptors (Lipinski definition) is 2. The van der Waals surface area contributed by atoms with Crippen molar-refractivity contribution in [1.29, 1.82) is 0 Å². The van der Waals surface area contributed by atoms with Gasteiger partial charge in [0.2, 0.25) is 0 Å². The van der Waals surface area contributed by atoms with Crippen LogP contribution in [0, 0.1) is 0 Å². The first-order valence-electron chi connectivity index (χ1n) is 6.17. The Bertz CT molecular complexity index is 500. The Morgan fingerprint density at radius 1 is 0.944 bits per heavy atom. The van der Waals surface area contributed by atoms with E-state index in [2.05, 4.69) is 23.5 Å². The van der Waals surface area contributed by atoms with Crippen LogP contribution in [0.4, 0.5) is 5.69 Å². The smallest absolute Gasteiger partial charge is 0.0763 e. The maximum absolute atomic E-state index is 9.78. The van der Waals surface area contributed by atoms with Crippen molar-refractivity contribution < 1.29 is 5.11 Å². The van der Waals surface area contributed by atoms with Crippen LogP contribution in [0.1, 0.15) is 13.8 Å². The van der Waals surface area contributed by atoms with Crippen molar-refractivity contribution in [1.82, 2.24) is 0 Å². The van der Waals surface area contributed by atoms with Crippen LogP contribution in [-0.2, 0) is 0 Å². The van der Waals surface area contributed by atoms with Crippen LogP contribution >= 0.6 is 0 Å². The van der Waals surface area contributed by atoms with Crippen molar-refractivity contribution in [2.75, 3.05) is 11.9 Å². The standard InChI is InChI=1S/C16H19NO/c1-16(2,18)12-17-15-11-7-6-10-14(15)13-8-4-3-5-9-13/h3-11,17-18H,12H2,1-2H3. The highest BCUT2D eigenvalue weighted by Gasteiger charge is 2.13. The van der Waals surface area contributed by atoms with Gasteiger partial charge in [0.25, 0.3) is 0 Å². The summed E-state index contributed by atoms with van der Waals surface area (Å²) in [5.41, 5.74) is 2.66. The van der Waals surface area contributed by atoms with Crippen molar-refractivity contribution in [3.8, 4) is 11.1 Å². The first-order valence-corrected chi connectivity index (χ1v) is 6.17. The molecule has 0 radical (unpaired) electrons. The first kappa shape index (κ1) is 12.7. The molecule has 2 aromatic carbocycles. The number of rotatable bonds is 4. The molecule has 0 unspecified atom stereocenters.